The molecule has 0 saturated carbocycles. The number of carbonyl (C=O) groups is 1. The van der Waals surface area contributed by atoms with Crippen LogP contribution < -0.4 is 21.1 Å². The number of fused-ring (bicyclic) bond motifs is 1. The lowest BCUT2D eigenvalue weighted by Gasteiger charge is -2.18. The van der Waals surface area contributed by atoms with Crippen molar-refractivity contribution in [3.05, 3.63) is 30.5 Å². The van der Waals surface area contributed by atoms with Crippen LogP contribution >= 0.6 is 0 Å². The second-order valence-electron chi connectivity index (χ2n) is 7.00. The Bertz CT molecular complexity index is 733. The zero-order chi connectivity index (χ0) is 19.1. The molecule has 1 aromatic heterocycles. The Balaban J connectivity index is 1.89. The average molecular weight is 358 g/mol. The highest BCUT2D eigenvalue weighted by molar-refractivity contribution is 5.91. The largest absolute Gasteiger partial charge is 0.497 e. The number of methoxy groups -OCH3 is 1. The Hall–Kier alpha value is -2.34. The van der Waals surface area contributed by atoms with Crippen LogP contribution in [-0.4, -0.2) is 36.6 Å². The smallest absolute Gasteiger partial charge is 0.237 e. The Morgan fingerprint density at radius 2 is 2.08 bits per heavy atom. The van der Waals surface area contributed by atoms with Crippen LogP contribution in [0.25, 0.3) is 10.9 Å². The van der Waals surface area contributed by atoms with Gasteiger partial charge in [-0.15, -0.1) is 0 Å². The second kappa shape index (κ2) is 9.38. The Labute approximate surface area is 155 Å². The summed E-state index contributed by atoms with van der Waals surface area (Å²) in [4.78, 5) is 16.3. The number of pyridine rings is 1. The van der Waals surface area contributed by atoms with Gasteiger partial charge in [-0.1, -0.05) is 19.9 Å². The molecule has 0 radical (unpaired) electrons. The highest BCUT2D eigenvalue weighted by Crippen LogP contribution is 2.28. The Morgan fingerprint density at radius 1 is 1.31 bits per heavy atom. The van der Waals surface area contributed by atoms with E-state index in [2.05, 4.69) is 22.5 Å². The standard InChI is InChI=1S/C20H30N4O2/c1-13(2)18(21)20(25)23-10-5-7-14(3)24-17-12-16(26-4)11-15-8-6-9-22-19(15)17/h6,8-9,11-14,18,24H,5,7,10,21H2,1-4H3,(H,23,25)/t14?,18-/m0/s1. The minimum Gasteiger partial charge on any atom is -0.497 e. The highest BCUT2D eigenvalue weighted by Gasteiger charge is 2.16. The summed E-state index contributed by atoms with van der Waals surface area (Å²) in [6, 6.07) is 7.68. The molecule has 0 spiro atoms. The van der Waals surface area contributed by atoms with Crippen molar-refractivity contribution in [3.8, 4) is 5.75 Å². The highest BCUT2D eigenvalue weighted by atomic mass is 16.5. The zero-order valence-corrected chi connectivity index (χ0v) is 16.1. The normalized spacial score (nSPS) is 13.5. The van der Waals surface area contributed by atoms with E-state index >= 15 is 0 Å². The number of nitrogens with one attached hydrogen (secondary N) is 2. The van der Waals surface area contributed by atoms with Crippen LogP contribution in [0.5, 0.6) is 5.75 Å². The van der Waals surface area contributed by atoms with Crippen molar-refractivity contribution in [2.24, 2.45) is 11.7 Å². The molecule has 0 fully saturated rings. The molecule has 2 atom stereocenters. The first kappa shape index (κ1) is 20.0. The van der Waals surface area contributed by atoms with E-state index in [1.54, 1.807) is 13.3 Å². The predicted molar refractivity (Wildman–Crippen MR) is 106 cm³/mol. The van der Waals surface area contributed by atoms with Gasteiger partial charge in [-0.25, -0.2) is 0 Å². The van der Waals surface area contributed by atoms with Gasteiger partial charge in [0.1, 0.15) is 5.75 Å². The summed E-state index contributed by atoms with van der Waals surface area (Å²) in [5.41, 5.74) is 7.73. The number of anilines is 1. The maximum atomic E-state index is 11.9. The summed E-state index contributed by atoms with van der Waals surface area (Å²) in [6.45, 7) is 6.64. The summed E-state index contributed by atoms with van der Waals surface area (Å²) in [7, 11) is 1.66. The number of nitrogens with zero attached hydrogens (tertiary/aromatic N) is 1. The van der Waals surface area contributed by atoms with Crippen molar-refractivity contribution in [2.75, 3.05) is 19.0 Å². The van der Waals surface area contributed by atoms with E-state index in [1.165, 1.54) is 0 Å². The number of benzene rings is 1. The summed E-state index contributed by atoms with van der Waals surface area (Å²) in [5, 5.41) is 7.45. The number of rotatable bonds is 9. The fourth-order valence-corrected chi connectivity index (χ4v) is 2.77. The molecule has 6 heteroatoms. The van der Waals surface area contributed by atoms with Gasteiger partial charge in [0.25, 0.3) is 0 Å². The summed E-state index contributed by atoms with van der Waals surface area (Å²) >= 11 is 0. The minimum atomic E-state index is -0.445. The third kappa shape index (κ3) is 5.33. The molecule has 0 aliphatic carbocycles. The van der Waals surface area contributed by atoms with Crippen LogP contribution in [0.4, 0.5) is 5.69 Å². The van der Waals surface area contributed by atoms with Gasteiger partial charge >= 0.3 is 0 Å². The van der Waals surface area contributed by atoms with Crippen LogP contribution in [0.2, 0.25) is 0 Å². The van der Waals surface area contributed by atoms with Gasteiger partial charge in [0.05, 0.1) is 24.4 Å². The minimum absolute atomic E-state index is 0.0800. The van der Waals surface area contributed by atoms with Gasteiger partial charge in [-0.2, -0.15) is 0 Å². The van der Waals surface area contributed by atoms with Gasteiger partial charge in [-0.3, -0.25) is 9.78 Å². The molecule has 6 nitrogen and oxygen atoms in total. The first-order valence-corrected chi connectivity index (χ1v) is 9.15. The molecular formula is C20H30N4O2. The summed E-state index contributed by atoms with van der Waals surface area (Å²) in [6.07, 6.45) is 3.58. The maximum Gasteiger partial charge on any atom is 0.237 e. The Morgan fingerprint density at radius 3 is 2.77 bits per heavy atom. The van der Waals surface area contributed by atoms with E-state index in [0.29, 0.717) is 6.54 Å². The van der Waals surface area contributed by atoms with E-state index in [9.17, 15) is 4.79 Å². The molecule has 0 bridgehead atoms. The van der Waals surface area contributed by atoms with E-state index in [-0.39, 0.29) is 17.9 Å². The Kier molecular flexibility index (Phi) is 7.21. The fraction of sp³-hybridized carbons (Fsp3) is 0.500. The van der Waals surface area contributed by atoms with Crippen molar-refractivity contribution in [2.45, 2.75) is 45.7 Å². The predicted octanol–water partition coefficient (Wildman–Crippen LogP) is 2.92. The number of hydrogen-bond donors (Lipinski definition) is 3. The zero-order valence-electron chi connectivity index (χ0n) is 16.1. The van der Waals surface area contributed by atoms with Gasteiger partial charge < -0.3 is 21.1 Å². The van der Waals surface area contributed by atoms with Crippen LogP contribution in [0, 0.1) is 5.92 Å². The molecule has 0 aliphatic rings. The van der Waals surface area contributed by atoms with Crippen molar-refractivity contribution in [3.63, 3.8) is 0 Å². The van der Waals surface area contributed by atoms with E-state index in [1.807, 2.05) is 38.1 Å². The van der Waals surface area contributed by atoms with Crippen molar-refractivity contribution < 1.29 is 9.53 Å². The molecule has 26 heavy (non-hydrogen) atoms. The molecule has 0 aliphatic heterocycles. The third-order valence-electron chi connectivity index (χ3n) is 4.45. The van der Waals surface area contributed by atoms with Gasteiger partial charge in [-0.05, 0) is 37.8 Å². The lowest BCUT2D eigenvalue weighted by molar-refractivity contribution is -0.123. The van der Waals surface area contributed by atoms with Crippen LogP contribution in [0.3, 0.4) is 0 Å². The molecule has 4 N–H and O–H groups in total. The quantitative estimate of drug-likeness (QED) is 0.600. The molecule has 1 aromatic carbocycles. The monoisotopic (exact) mass is 358 g/mol. The van der Waals surface area contributed by atoms with E-state index < -0.39 is 6.04 Å². The molecule has 142 valence electrons. The number of ether oxygens (including phenoxy) is 1. The van der Waals surface area contributed by atoms with Crippen molar-refractivity contribution >= 4 is 22.5 Å². The van der Waals surface area contributed by atoms with E-state index in [0.717, 1.165) is 35.2 Å². The lowest BCUT2D eigenvalue weighted by Crippen LogP contribution is -2.44. The van der Waals surface area contributed by atoms with Crippen LogP contribution in [0.1, 0.15) is 33.6 Å². The lowest BCUT2D eigenvalue weighted by atomic mass is 10.0. The van der Waals surface area contributed by atoms with Crippen LogP contribution in [0.15, 0.2) is 30.5 Å². The molecule has 0 saturated heterocycles. The average Bonchev–Trinajstić information content (AvgIpc) is 2.64. The first-order chi connectivity index (χ1) is 12.4. The number of hydrogen-bond acceptors (Lipinski definition) is 5. The molecule has 1 unspecified atom stereocenters. The molecule has 1 amide bonds. The molecule has 2 aromatic rings. The second-order valence-corrected chi connectivity index (χ2v) is 7.00. The van der Waals surface area contributed by atoms with Gasteiger partial charge in [0.2, 0.25) is 5.91 Å². The molecule has 1 heterocycles. The van der Waals surface area contributed by atoms with E-state index in [4.69, 9.17) is 10.5 Å². The number of amides is 1. The summed E-state index contributed by atoms with van der Waals surface area (Å²) < 4.78 is 5.38. The SMILES string of the molecule is COc1cc(NC(C)CCCNC(=O)[C@@H](N)C(C)C)c2ncccc2c1. The van der Waals surface area contributed by atoms with Gasteiger partial charge in [0, 0.05) is 30.2 Å². The van der Waals surface area contributed by atoms with Crippen molar-refractivity contribution in [1.29, 1.82) is 0 Å². The fourth-order valence-electron chi connectivity index (χ4n) is 2.77. The number of nitrogens with two attached hydrogens (primary N) is 1. The third-order valence-corrected chi connectivity index (χ3v) is 4.45. The maximum absolute atomic E-state index is 11.9. The molecule has 2 rings (SSSR count). The summed E-state index contributed by atoms with van der Waals surface area (Å²) in [5.74, 6) is 0.864. The molecular weight excluding hydrogens is 328 g/mol. The first-order valence-electron chi connectivity index (χ1n) is 9.15. The number of carbonyl (C=O) groups excluding carboxylic acids is 1. The van der Waals surface area contributed by atoms with Crippen LogP contribution in [-0.2, 0) is 4.79 Å². The van der Waals surface area contributed by atoms with Gasteiger partial charge in [0.15, 0.2) is 0 Å². The topological polar surface area (TPSA) is 89.3 Å². The number of aromatic nitrogens is 1. The van der Waals surface area contributed by atoms with Crippen molar-refractivity contribution in [1.82, 2.24) is 10.3 Å².